The average Bonchev–Trinajstić information content (AvgIpc) is 2.54. The van der Waals surface area contributed by atoms with E-state index in [9.17, 15) is 5.11 Å². The maximum Gasteiger partial charge on any atom is 0.108 e. The molecule has 1 atom stereocenters. The minimum Gasteiger partial charge on any atom is -0.391 e. The molecule has 0 rings (SSSR count). The molecule has 0 heterocycles. The fourth-order valence-corrected chi connectivity index (χ4v) is 3.10. The molecule has 0 saturated carbocycles. The third-order valence-corrected chi connectivity index (χ3v) is 4.66. The lowest BCUT2D eigenvalue weighted by atomic mass is 10.0. The van der Waals surface area contributed by atoms with E-state index >= 15 is 0 Å². The molecule has 0 radical (unpaired) electrons. The van der Waals surface area contributed by atoms with Crippen LogP contribution in [0.4, 0.5) is 0 Å². The Kier molecular flexibility index (Phi) is 19.8. The van der Waals surface area contributed by atoms with Crippen molar-refractivity contribution in [3.8, 4) is 0 Å². The first kappa shape index (κ1) is 22.9. The Morgan fingerprint density at radius 1 is 0.609 bits per heavy atom. The predicted molar refractivity (Wildman–Crippen MR) is 98.8 cm³/mol. The normalized spacial score (nSPS) is 12.7. The van der Waals surface area contributed by atoms with Gasteiger partial charge < -0.3 is 5.11 Å². The summed E-state index contributed by atoms with van der Waals surface area (Å²) >= 11 is 0. The lowest BCUT2D eigenvalue weighted by Gasteiger charge is -2.07. The number of aliphatic hydroxyl groups is 1. The van der Waals surface area contributed by atoms with Crippen LogP contribution in [0, 0.1) is 0 Å². The van der Waals surface area contributed by atoms with Gasteiger partial charge in [-0.1, -0.05) is 110 Å². The molecule has 0 aliphatic carbocycles. The molecule has 3 heteroatoms. The molecular formula is C20H42O3. The topological polar surface area (TPSA) is 49.7 Å². The van der Waals surface area contributed by atoms with Gasteiger partial charge in [0, 0.05) is 0 Å². The predicted octanol–water partition coefficient (Wildman–Crippen LogP) is 6.49. The number of hydrogen-bond acceptors (Lipinski definition) is 3. The summed E-state index contributed by atoms with van der Waals surface area (Å²) in [6, 6.07) is 0. The van der Waals surface area contributed by atoms with Crippen LogP contribution < -0.4 is 0 Å². The first-order valence-corrected chi connectivity index (χ1v) is 10.3. The van der Waals surface area contributed by atoms with Crippen LogP contribution in [-0.2, 0) is 4.89 Å². The van der Waals surface area contributed by atoms with Crippen LogP contribution >= 0.6 is 0 Å². The molecule has 140 valence electrons. The Morgan fingerprint density at radius 2 is 0.957 bits per heavy atom. The van der Waals surface area contributed by atoms with Gasteiger partial charge in [0.25, 0.3) is 0 Å². The van der Waals surface area contributed by atoms with Gasteiger partial charge >= 0.3 is 0 Å². The molecular weight excluding hydrogens is 288 g/mol. The monoisotopic (exact) mass is 330 g/mol. The van der Waals surface area contributed by atoms with Crippen LogP contribution in [0.3, 0.4) is 0 Å². The van der Waals surface area contributed by atoms with Gasteiger partial charge in [0.2, 0.25) is 0 Å². The van der Waals surface area contributed by atoms with Crippen molar-refractivity contribution in [3.05, 3.63) is 0 Å². The van der Waals surface area contributed by atoms with Gasteiger partial charge in [-0.05, 0) is 6.42 Å². The molecule has 0 aliphatic heterocycles. The quantitative estimate of drug-likeness (QED) is 0.162. The molecule has 3 nitrogen and oxygen atoms in total. The Bertz CT molecular complexity index is 209. The SMILES string of the molecule is CCCCCCCCCCCCCCCCCCC(O)COO. The van der Waals surface area contributed by atoms with E-state index in [-0.39, 0.29) is 6.61 Å². The third-order valence-electron chi connectivity index (χ3n) is 4.66. The standard InChI is InChI=1S/C20H42O3/c1-2-3-4-5-6-7-8-9-10-11-12-13-14-15-16-17-18-20(21)19-23-22/h20-22H,2-19H2,1H3. The molecule has 0 amide bonds. The van der Waals surface area contributed by atoms with Gasteiger partial charge in [-0.25, -0.2) is 4.89 Å². The first-order chi connectivity index (χ1) is 11.3. The van der Waals surface area contributed by atoms with Gasteiger partial charge in [-0.3, -0.25) is 5.26 Å². The van der Waals surface area contributed by atoms with E-state index in [0.29, 0.717) is 0 Å². The highest BCUT2D eigenvalue weighted by Gasteiger charge is 2.03. The second-order valence-electron chi connectivity index (χ2n) is 7.04. The zero-order valence-corrected chi connectivity index (χ0v) is 15.6. The van der Waals surface area contributed by atoms with E-state index in [1.54, 1.807) is 0 Å². The lowest BCUT2D eigenvalue weighted by molar-refractivity contribution is -0.257. The smallest absolute Gasteiger partial charge is 0.108 e. The number of rotatable bonds is 19. The van der Waals surface area contributed by atoms with E-state index in [1.165, 1.54) is 96.3 Å². The molecule has 0 aromatic heterocycles. The molecule has 2 N–H and O–H groups in total. The van der Waals surface area contributed by atoms with Crippen LogP contribution in [0.2, 0.25) is 0 Å². The Hall–Kier alpha value is -0.120. The number of unbranched alkanes of at least 4 members (excludes halogenated alkanes) is 15. The van der Waals surface area contributed by atoms with Crippen LogP contribution in [0.1, 0.15) is 116 Å². The number of hydrogen-bond donors (Lipinski definition) is 2. The summed E-state index contributed by atoms with van der Waals surface area (Å²) < 4.78 is 0. The summed E-state index contributed by atoms with van der Waals surface area (Å²) in [4.78, 5) is 3.93. The highest BCUT2D eigenvalue weighted by molar-refractivity contribution is 4.54. The minimum atomic E-state index is -0.508. The lowest BCUT2D eigenvalue weighted by Crippen LogP contribution is -2.13. The van der Waals surface area contributed by atoms with Gasteiger partial charge in [-0.2, -0.15) is 0 Å². The Labute approximate surface area is 144 Å². The molecule has 0 aliphatic rings. The van der Waals surface area contributed by atoms with Crippen molar-refractivity contribution >= 4 is 0 Å². The van der Waals surface area contributed by atoms with E-state index in [4.69, 9.17) is 5.26 Å². The fraction of sp³-hybridized carbons (Fsp3) is 1.00. The molecule has 0 spiro atoms. The first-order valence-electron chi connectivity index (χ1n) is 10.3. The largest absolute Gasteiger partial charge is 0.391 e. The van der Waals surface area contributed by atoms with Crippen molar-refractivity contribution < 1.29 is 15.3 Å². The summed E-state index contributed by atoms with van der Waals surface area (Å²) in [5.41, 5.74) is 0. The van der Waals surface area contributed by atoms with Gasteiger partial charge in [-0.15, -0.1) is 0 Å². The van der Waals surface area contributed by atoms with Gasteiger partial charge in [0.15, 0.2) is 0 Å². The maximum atomic E-state index is 9.38. The Morgan fingerprint density at radius 3 is 1.30 bits per heavy atom. The molecule has 0 fully saturated rings. The maximum absolute atomic E-state index is 9.38. The summed E-state index contributed by atoms with van der Waals surface area (Å²) in [5, 5.41) is 17.6. The molecule has 0 saturated heterocycles. The summed E-state index contributed by atoms with van der Waals surface area (Å²) in [6.07, 6.45) is 22.0. The van der Waals surface area contributed by atoms with Gasteiger partial charge in [0.1, 0.15) is 6.61 Å². The van der Waals surface area contributed by atoms with Crippen molar-refractivity contribution in [1.82, 2.24) is 0 Å². The van der Waals surface area contributed by atoms with Crippen LogP contribution in [0.5, 0.6) is 0 Å². The van der Waals surface area contributed by atoms with Crippen molar-refractivity contribution in [2.75, 3.05) is 6.61 Å². The fourth-order valence-electron chi connectivity index (χ4n) is 3.10. The zero-order valence-electron chi connectivity index (χ0n) is 15.6. The van der Waals surface area contributed by atoms with E-state index in [0.717, 1.165) is 12.8 Å². The minimum absolute atomic E-state index is 0.0404. The second-order valence-corrected chi connectivity index (χ2v) is 7.04. The van der Waals surface area contributed by atoms with Crippen molar-refractivity contribution in [2.45, 2.75) is 122 Å². The highest BCUT2D eigenvalue weighted by atomic mass is 17.1. The van der Waals surface area contributed by atoms with Crippen molar-refractivity contribution in [1.29, 1.82) is 0 Å². The summed E-state index contributed by atoms with van der Waals surface area (Å²) in [5.74, 6) is 0. The Balaban J connectivity index is 3.00. The molecule has 23 heavy (non-hydrogen) atoms. The zero-order chi connectivity index (χ0) is 17.0. The average molecular weight is 331 g/mol. The molecule has 0 aromatic carbocycles. The highest BCUT2D eigenvalue weighted by Crippen LogP contribution is 2.14. The van der Waals surface area contributed by atoms with Crippen molar-refractivity contribution in [2.24, 2.45) is 0 Å². The number of aliphatic hydroxyl groups excluding tert-OH is 1. The van der Waals surface area contributed by atoms with Crippen molar-refractivity contribution in [3.63, 3.8) is 0 Å². The van der Waals surface area contributed by atoms with Gasteiger partial charge in [0.05, 0.1) is 6.10 Å². The second kappa shape index (κ2) is 19.9. The van der Waals surface area contributed by atoms with E-state index in [1.807, 2.05) is 0 Å². The third kappa shape index (κ3) is 19.8. The molecule has 1 unspecified atom stereocenters. The van der Waals surface area contributed by atoms with Crippen LogP contribution in [0.15, 0.2) is 0 Å². The van der Waals surface area contributed by atoms with E-state index < -0.39 is 6.10 Å². The van der Waals surface area contributed by atoms with Crippen LogP contribution in [-0.4, -0.2) is 23.1 Å². The summed E-state index contributed by atoms with van der Waals surface area (Å²) in [7, 11) is 0. The van der Waals surface area contributed by atoms with E-state index in [2.05, 4.69) is 11.8 Å². The molecule has 0 bridgehead atoms. The summed E-state index contributed by atoms with van der Waals surface area (Å²) in [6.45, 7) is 2.32. The molecule has 0 aromatic rings. The van der Waals surface area contributed by atoms with Crippen LogP contribution in [0.25, 0.3) is 0 Å².